The lowest BCUT2D eigenvalue weighted by atomic mass is 9.59. The van der Waals surface area contributed by atoms with Gasteiger partial charge in [0.25, 0.3) is 0 Å². The number of fused-ring (bicyclic) bond motifs is 1. The molecule has 2 bridgehead atoms. The molecule has 108 valence electrons. The summed E-state index contributed by atoms with van der Waals surface area (Å²) < 4.78 is 8.69. The summed E-state index contributed by atoms with van der Waals surface area (Å²) in [4.78, 5) is 0. The standard InChI is InChI=1S/C19H22NO/c1-4-21-18-16-13-9-5-6-10-14(13)17(19(18,2)3)20-12-8-7-11-15(16)20/h5-12,16-18H,4H2,1-3H3/q+1/t16-,17-,18+/m0/s1. The molecule has 2 aromatic rings. The van der Waals surface area contributed by atoms with Crippen LogP contribution in [0, 0.1) is 5.41 Å². The maximum atomic E-state index is 6.23. The molecule has 0 saturated heterocycles. The molecule has 3 heterocycles. The number of benzene rings is 1. The van der Waals surface area contributed by atoms with Crippen molar-refractivity contribution in [2.75, 3.05) is 6.61 Å². The number of hydrogen-bond acceptors (Lipinski definition) is 1. The predicted octanol–water partition coefficient (Wildman–Crippen LogP) is 3.45. The summed E-state index contributed by atoms with van der Waals surface area (Å²) >= 11 is 0. The van der Waals surface area contributed by atoms with Crippen LogP contribution in [-0.4, -0.2) is 12.7 Å². The molecular formula is C19H22NO+. The van der Waals surface area contributed by atoms with Crippen molar-refractivity contribution in [1.82, 2.24) is 0 Å². The van der Waals surface area contributed by atoms with Gasteiger partial charge in [0.1, 0.15) is 0 Å². The number of ether oxygens (including phenoxy) is 1. The van der Waals surface area contributed by atoms with Gasteiger partial charge in [-0.15, -0.1) is 0 Å². The molecule has 0 N–H and O–H groups in total. The average Bonchev–Trinajstić information content (AvgIpc) is 2.49. The monoisotopic (exact) mass is 280 g/mol. The van der Waals surface area contributed by atoms with Gasteiger partial charge in [0.15, 0.2) is 17.9 Å². The molecular weight excluding hydrogens is 258 g/mol. The van der Waals surface area contributed by atoms with Gasteiger partial charge in [-0.25, -0.2) is 0 Å². The minimum atomic E-state index is 0.0913. The van der Waals surface area contributed by atoms with E-state index in [2.05, 4.69) is 74.0 Å². The van der Waals surface area contributed by atoms with Crippen molar-refractivity contribution in [2.24, 2.45) is 5.41 Å². The highest BCUT2D eigenvalue weighted by Gasteiger charge is 2.60. The minimum absolute atomic E-state index is 0.0913. The van der Waals surface area contributed by atoms with Crippen molar-refractivity contribution >= 4 is 0 Å². The Morgan fingerprint density at radius 2 is 1.76 bits per heavy atom. The van der Waals surface area contributed by atoms with Gasteiger partial charge in [0.2, 0.25) is 0 Å². The highest BCUT2D eigenvalue weighted by atomic mass is 16.5. The van der Waals surface area contributed by atoms with E-state index in [0.717, 1.165) is 6.61 Å². The van der Waals surface area contributed by atoms with Crippen LogP contribution in [0.5, 0.6) is 0 Å². The van der Waals surface area contributed by atoms with Crippen LogP contribution in [-0.2, 0) is 4.74 Å². The van der Waals surface area contributed by atoms with E-state index >= 15 is 0 Å². The van der Waals surface area contributed by atoms with Crippen LogP contribution < -0.4 is 4.57 Å². The normalized spacial score (nSPS) is 28.0. The molecule has 2 aliphatic heterocycles. The van der Waals surface area contributed by atoms with Crippen molar-refractivity contribution in [3.63, 3.8) is 0 Å². The van der Waals surface area contributed by atoms with Crippen LogP contribution in [0.25, 0.3) is 0 Å². The van der Waals surface area contributed by atoms with Gasteiger partial charge >= 0.3 is 0 Å². The Kier molecular flexibility index (Phi) is 2.74. The van der Waals surface area contributed by atoms with Gasteiger partial charge in [0.05, 0.1) is 17.4 Å². The van der Waals surface area contributed by atoms with E-state index in [-0.39, 0.29) is 11.5 Å². The van der Waals surface area contributed by atoms with Crippen LogP contribution in [0.1, 0.15) is 49.6 Å². The third kappa shape index (κ3) is 1.60. The van der Waals surface area contributed by atoms with Crippen LogP contribution in [0.2, 0.25) is 0 Å². The third-order valence-corrected chi connectivity index (χ3v) is 5.23. The van der Waals surface area contributed by atoms with E-state index in [1.165, 1.54) is 16.8 Å². The van der Waals surface area contributed by atoms with Crippen LogP contribution >= 0.6 is 0 Å². The number of pyridine rings is 1. The molecule has 21 heavy (non-hydrogen) atoms. The van der Waals surface area contributed by atoms with Crippen molar-refractivity contribution in [1.29, 1.82) is 0 Å². The molecule has 1 aromatic carbocycles. The second-order valence-electron chi connectivity index (χ2n) is 6.74. The summed E-state index contributed by atoms with van der Waals surface area (Å²) in [7, 11) is 0. The average molecular weight is 280 g/mol. The maximum Gasteiger partial charge on any atom is 0.192 e. The first-order chi connectivity index (χ1) is 10.2. The first-order valence-electron chi connectivity index (χ1n) is 7.86. The van der Waals surface area contributed by atoms with Crippen molar-refractivity contribution < 1.29 is 9.30 Å². The van der Waals surface area contributed by atoms with Gasteiger partial charge in [-0.1, -0.05) is 44.2 Å². The summed E-state index contributed by atoms with van der Waals surface area (Å²) in [5.74, 6) is 0.336. The largest absolute Gasteiger partial charge is 0.376 e. The zero-order valence-electron chi connectivity index (χ0n) is 12.9. The highest BCUT2D eigenvalue weighted by molar-refractivity contribution is 5.44. The van der Waals surface area contributed by atoms with Gasteiger partial charge in [0, 0.05) is 24.3 Å². The molecule has 0 fully saturated rings. The number of nitrogens with zero attached hydrogens (tertiary/aromatic N) is 1. The fourth-order valence-electron chi connectivity index (χ4n) is 4.47. The van der Waals surface area contributed by atoms with Crippen LogP contribution in [0.15, 0.2) is 48.7 Å². The van der Waals surface area contributed by atoms with Gasteiger partial charge in [-0.05, 0) is 12.5 Å². The van der Waals surface area contributed by atoms with Gasteiger partial charge < -0.3 is 4.74 Å². The SMILES string of the molecule is CCO[C@@H]1[C@H]2c3ccccc3[C@H]([n+]3ccccc32)C1(C)C. The van der Waals surface area contributed by atoms with Crippen LogP contribution in [0.3, 0.4) is 0 Å². The summed E-state index contributed by atoms with van der Waals surface area (Å²) in [5.41, 5.74) is 4.39. The topological polar surface area (TPSA) is 13.1 Å². The second kappa shape index (κ2) is 4.41. The first kappa shape index (κ1) is 13.0. The summed E-state index contributed by atoms with van der Waals surface area (Å²) in [6, 6.07) is 15.8. The van der Waals surface area contributed by atoms with Gasteiger partial charge in [-0.2, -0.15) is 4.57 Å². The molecule has 3 atom stereocenters. The molecule has 3 aliphatic rings. The second-order valence-corrected chi connectivity index (χ2v) is 6.74. The number of hydrogen-bond donors (Lipinski definition) is 0. The summed E-state index contributed by atoms with van der Waals surface area (Å²) in [5, 5.41) is 0. The Morgan fingerprint density at radius 3 is 2.52 bits per heavy atom. The lowest BCUT2D eigenvalue weighted by molar-refractivity contribution is -0.747. The molecule has 0 spiro atoms. The fraction of sp³-hybridized carbons (Fsp3) is 0.421. The minimum Gasteiger partial charge on any atom is -0.376 e. The maximum absolute atomic E-state index is 6.23. The molecule has 1 aromatic heterocycles. The number of aromatic nitrogens is 1. The van der Waals surface area contributed by atoms with E-state index < -0.39 is 0 Å². The molecule has 2 heteroatoms. The molecule has 0 radical (unpaired) electrons. The lowest BCUT2D eigenvalue weighted by Gasteiger charge is -2.50. The Hall–Kier alpha value is -1.67. The zero-order valence-corrected chi connectivity index (χ0v) is 12.9. The molecule has 1 aliphatic carbocycles. The molecule has 5 rings (SSSR count). The van der Waals surface area contributed by atoms with E-state index in [9.17, 15) is 0 Å². The van der Waals surface area contributed by atoms with Crippen molar-refractivity contribution in [2.45, 2.75) is 38.8 Å². The molecule has 0 unspecified atom stereocenters. The van der Waals surface area contributed by atoms with E-state index in [4.69, 9.17) is 4.74 Å². The predicted molar refractivity (Wildman–Crippen MR) is 82.3 cm³/mol. The Bertz CT molecular complexity index is 644. The van der Waals surface area contributed by atoms with E-state index in [1.54, 1.807) is 0 Å². The van der Waals surface area contributed by atoms with Gasteiger partial charge in [-0.3, -0.25) is 0 Å². The first-order valence-corrected chi connectivity index (χ1v) is 7.86. The molecule has 2 nitrogen and oxygen atoms in total. The van der Waals surface area contributed by atoms with Crippen molar-refractivity contribution in [3.05, 3.63) is 65.5 Å². The Balaban J connectivity index is 2.02. The van der Waals surface area contributed by atoms with Crippen molar-refractivity contribution in [3.8, 4) is 0 Å². The third-order valence-electron chi connectivity index (χ3n) is 5.23. The highest BCUT2D eigenvalue weighted by Crippen LogP contribution is 2.55. The summed E-state index contributed by atoms with van der Waals surface area (Å²) in [6.45, 7) is 7.57. The Labute approximate surface area is 126 Å². The smallest absolute Gasteiger partial charge is 0.192 e. The van der Waals surface area contributed by atoms with E-state index in [1.807, 2.05) is 0 Å². The molecule has 0 saturated carbocycles. The lowest BCUT2D eigenvalue weighted by Crippen LogP contribution is -2.65. The summed E-state index contributed by atoms with van der Waals surface area (Å²) in [6.07, 6.45) is 2.47. The zero-order chi connectivity index (χ0) is 14.6. The quantitative estimate of drug-likeness (QED) is 0.768. The Morgan fingerprint density at radius 1 is 1.05 bits per heavy atom. The van der Waals surface area contributed by atoms with E-state index in [0.29, 0.717) is 12.0 Å². The fourth-order valence-corrected chi connectivity index (χ4v) is 4.47. The number of rotatable bonds is 2. The molecule has 0 amide bonds. The van der Waals surface area contributed by atoms with Crippen LogP contribution in [0.4, 0.5) is 0 Å².